The Bertz CT molecular complexity index is 655. The first-order valence-corrected chi connectivity index (χ1v) is 7.90. The summed E-state index contributed by atoms with van der Waals surface area (Å²) in [5.41, 5.74) is 4.17. The fourth-order valence-corrected chi connectivity index (χ4v) is 2.69. The van der Waals surface area contributed by atoms with E-state index in [1.54, 1.807) is 11.2 Å². The van der Waals surface area contributed by atoms with E-state index in [9.17, 15) is 13.9 Å². The summed E-state index contributed by atoms with van der Waals surface area (Å²) in [5.74, 6) is 0. The van der Waals surface area contributed by atoms with E-state index in [4.69, 9.17) is 0 Å². The Morgan fingerprint density at radius 1 is 1.17 bits per heavy atom. The van der Waals surface area contributed by atoms with E-state index in [0.717, 1.165) is 16.6 Å². The Labute approximate surface area is 135 Å². The molecule has 0 fully saturated rings. The highest BCUT2D eigenvalue weighted by atomic mass is 19.3. The molecule has 1 heterocycles. The third-order valence-corrected chi connectivity index (χ3v) is 4.19. The van der Waals surface area contributed by atoms with Crippen LogP contribution < -0.4 is 0 Å². The molecule has 1 N–H and O–H groups in total. The summed E-state index contributed by atoms with van der Waals surface area (Å²) in [4.78, 5) is 5.96. The van der Waals surface area contributed by atoms with E-state index >= 15 is 0 Å². The minimum atomic E-state index is -2.40. The molecule has 0 saturated heterocycles. The number of benzene rings is 1. The third kappa shape index (κ3) is 4.48. The predicted octanol–water partition coefficient (Wildman–Crippen LogP) is 2.99. The maximum Gasteiger partial charge on any atom is 0.251 e. The van der Waals surface area contributed by atoms with Crippen LogP contribution in [0.2, 0.25) is 0 Å². The molecular formula is C17H25F2N3O. The monoisotopic (exact) mass is 325 g/mol. The van der Waals surface area contributed by atoms with Gasteiger partial charge in [-0.25, -0.2) is 13.8 Å². The van der Waals surface area contributed by atoms with Gasteiger partial charge in [-0.05, 0) is 51.0 Å². The summed E-state index contributed by atoms with van der Waals surface area (Å²) in [6.45, 7) is 8.01. The number of hydrogen-bond acceptors (Lipinski definition) is 3. The minimum absolute atomic E-state index is 0.0388. The molecule has 2 rings (SSSR count). The number of rotatable bonds is 7. The Hall–Kier alpha value is -1.53. The second kappa shape index (κ2) is 7.36. The molecule has 1 unspecified atom stereocenters. The number of fused-ring (bicyclic) bond motifs is 1. The lowest BCUT2D eigenvalue weighted by molar-refractivity contribution is 0.0347. The van der Waals surface area contributed by atoms with Crippen molar-refractivity contribution in [2.45, 2.75) is 52.8 Å². The lowest BCUT2D eigenvalue weighted by atomic mass is 10.1. The molecule has 0 aliphatic heterocycles. The van der Waals surface area contributed by atoms with Crippen molar-refractivity contribution in [3.8, 4) is 0 Å². The minimum Gasteiger partial charge on any atom is -0.390 e. The van der Waals surface area contributed by atoms with Gasteiger partial charge in [0, 0.05) is 12.6 Å². The predicted molar refractivity (Wildman–Crippen MR) is 87.9 cm³/mol. The van der Waals surface area contributed by atoms with E-state index in [0.29, 0.717) is 6.54 Å². The number of imidazole rings is 1. The topological polar surface area (TPSA) is 41.3 Å². The summed E-state index contributed by atoms with van der Waals surface area (Å²) < 4.78 is 27.1. The van der Waals surface area contributed by atoms with Crippen molar-refractivity contribution in [2.24, 2.45) is 0 Å². The maximum atomic E-state index is 12.6. The van der Waals surface area contributed by atoms with E-state index in [2.05, 4.69) is 4.98 Å². The lowest BCUT2D eigenvalue weighted by Crippen LogP contribution is -2.41. The van der Waals surface area contributed by atoms with Crippen molar-refractivity contribution in [1.29, 1.82) is 0 Å². The highest BCUT2D eigenvalue weighted by Gasteiger charge is 2.19. The van der Waals surface area contributed by atoms with Crippen LogP contribution in [0.4, 0.5) is 8.78 Å². The van der Waals surface area contributed by atoms with Gasteiger partial charge in [-0.15, -0.1) is 0 Å². The molecule has 0 spiro atoms. The third-order valence-electron chi connectivity index (χ3n) is 4.19. The van der Waals surface area contributed by atoms with Crippen LogP contribution in [-0.4, -0.2) is 51.2 Å². The molecule has 0 aliphatic carbocycles. The summed E-state index contributed by atoms with van der Waals surface area (Å²) in [5, 5.41) is 10.3. The van der Waals surface area contributed by atoms with Crippen LogP contribution in [0.3, 0.4) is 0 Å². The summed E-state index contributed by atoms with van der Waals surface area (Å²) in [7, 11) is 0. The normalized spacial score (nSPS) is 13.7. The average Bonchev–Trinajstić information content (AvgIpc) is 2.80. The van der Waals surface area contributed by atoms with Gasteiger partial charge in [0.25, 0.3) is 6.43 Å². The van der Waals surface area contributed by atoms with E-state index in [1.165, 1.54) is 5.56 Å². The summed E-state index contributed by atoms with van der Waals surface area (Å²) in [6.07, 6.45) is -1.43. The van der Waals surface area contributed by atoms with Crippen LogP contribution in [0.5, 0.6) is 0 Å². The smallest absolute Gasteiger partial charge is 0.251 e. The highest BCUT2D eigenvalue weighted by molar-refractivity contribution is 5.77. The fraction of sp³-hybridized carbons (Fsp3) is 0.588. The number of aryl methyl sites for hydroxylation is 2. The molecule has 1 aromatic carbocycles. The van der Waals surface area contributed by atoms with Crippen molar-refractivity contribution >= 4 is 11.0 Å². The van der Waals surface area contributed by atoms with E-state index in [1.807, 2.05) is 44.4 Å². The first-order chi connectivity index (χ1) is 10.8. The fourth-order valence-electron chi connectivity index (χ4n) is 2.69. The largest absolute Gasteiger partial charge is 0.390 e. The Balaban J connectivity index is 2.10. The molecule has 0 aliphatic rings. The van der Waals surface area contributed by atoms with Crippen LogP contribution in [0.1, 0.15) is 25.0 Å². The standard InChI is InChI=1S/C17H25F2N3O/c1-11(2)21(9-17(18)19)7-14(23)8-22-10-20-15-5-12(3)13(4)6-16(15)22/h5-6,10-11,14,17,23H,7-9H2,1-4H3. The molecule has 6 heteroatoms. The molecule has 0 amide bonds. The second-order valence-electron chi connectivity index (χ2n) is 6.41. The molecule has 4 nitrogen and oxygen atoms in total. The zero-order valence-corrected chi connectivity index (χ0v) is 14.1. The molecule has 128 valence electrons. The highest BCUT2D eigenvalue weighted by Crippen LogP contribution is 2.19. The number of nitrogens with zero attached hydrogens (tertiary/aromatic N) is 3. The van der Waals surface area contributed by atoms with Gasteiger partial charge in [-0.2, -0.15) is 0 Å². The number of hydrogen-bond donors (Lipinski definition) is 1. The molecular weight excluding hydrogens is 300 g/mol. The van der Waals surface area contributed by atoms with Crippen molar-refractivity contribution in [3.63, 3.8) is 0 Å². The first-order valence-electron chi connectivity index (χ1n) is 7.90. The van der Waals surface area contributed by atoms with Crippen LogP contribution in [-0.2, 0) is 6.54 Å². The van der Waals surface area contributed by atoms with Crippen LogP contribution >= 0.6 is 0 Å². The van der Waals surface area contributed by atoms with Gasteiger partial charge in [-0.1, -0.05) is 0 Å². The van der Waals surface area contributed by atoms with Gasteiger partial charge in [0.15, 0.2) is 0 Å². The van der Waals surface area contributed by atoms with Crippen LogP contribution in [0.15, 0.2) is 18.5 Å². The zero-order chi connectivity index (χ0) is 17.1. The first kappa shape index (κ1) is 17.8. The van der Waals surface area contributed by atoms with Crippen LogP contribution in [0, 0.1) is 13.8 Å². The van der Waals surface area contributed by atoms with Crippen molar-refractivity contribution in [3.05, 3.63) is 29.6 Å². The van der Waals surface area contributed by atoms with Crippen molar-refractivity contribution < 1.29 is 13.9 Å². The van der Waals surface area contributed by atoms with Gasteiger partial charge in [-0.3, -0.25) is 4.90 Å². The van der Waals surface area contributed by atoms with E-state index in [-0.39, 0.29) is 19.1 Å². The molecule has 23 heavy (non-hydrogen) atoms. The van der Waals surface area contributed by atoms with E-state index < -0.39 is 12.5 Å². The second-order valence-corrected chi connectivity index (χ2v) is 6.41. The van der Waals surface area contributed by atoms with Gasteiger partial charge < -0.3 is 9.67 Å². The van der Waals surface area contributed by atoms with Crippen LogP contribution in [0.25, 0.3) is 11.0 Å². The Kier molecular flexibility index (Phi) is 5.70. The molecule has 0 bridgehead atoms. The zero-order valence-electron chi connectivity index (χ0n) is 14.1. The molecule has 1 atom stereocenters. The maximum absolute atomic E-state index is 12.6. The van der Waals surface area contributed by atoms with Gasteiger partial charge in [0.2, 0.25) is 0 Å². The molecule has 0 saturated carbocycles. The molecule has 0 radical (unpaired) electrons. The number of aromatic nitrogens is 2. The molecule has 2 aromatic rings. The average molecular weight is 325 g/mol. The summed E-state index contributed by atoms with van der Waals surface area (Å²) in [6, 6.07) is 4.03. The number of halogens is 2. The van der Waals surface area contributed by atoms with Gasteiger partial charge in [0.1, 0.15) is 0 Å². The Morgan fingerprint density at radius 3 is 2.43 bits per heavy atom. The quantitative estimate of drug-likeness (QED) is 0.851. The lowest BCUT2D eigenvalue weighted by Gasteiger charge is -2.28. The number of aliphatic hydroxyl groups excluding tert-OH is 1. The van der Waals surface area contributed by atoms with Crippen molar-refractivity contribution in [1.82, 2.24) is 14.5 Å². The Morgan fingerprint density at radius 2 is 1.83 bits per heavy atom. The van der Waals surface area contributed by atoms with Crippen molar-refractivity contribution in [2.75, 3.05) is 13.1 Å². The summed E-state index contributed by atoms with van der Waals surface area (Å²) >= 11 is 0. The SMILES string of the molecule is Cc1cc2ncn(CC(O)CN(CC(F)F)C(C)C)c2cc1C. The van der Waals surface area contributed by atoms with Gasteiger partial charge in [0.05, 0.1) is 36.6 Å². The number of alkyl halides is 2. The molecule has 1 aromatic heterocycles. The van der Waals surface area contributed by atoms with Gasteiger partial charge >= 0.3 is 0 Å². The number of aliphatic hydroxyl groups is 1.